The summed E-state index contributed by atoms with van der Waals surface area (Å²) in [5.74, 6) is 0. The maximum Gasteiger partial charge on any atom is -0.0116 e. The molecule has 78 valence electrons. The third-order valence-corrected chi connectivity index (χ3v) is 3.12. The summed E-state index contributed by atoms with van der Waals surface area (Å²) in [5, 5.41) is 1.38. The van der Waals surface area contributed by atoms with Crippen molar-refractivity contribution in [1.29, 1.82) is 0 Å². The average Bonchev–Trinajstić information content (AvgIpc) is 2.29. The average molecular weight is 216 g/mol. The van der Waals surface area contributed by atoms with E-state index in [0.717, 1.165) is 14.2 Å². The van der Waals surface area contributed by atoms with Gasteiger partial charge in [0.15, 0.2) is 0 Å². The summed E-state index contributed by atoms with van der Waals surface area (Å²) >= 11 is 0. The van der Waals surface area contributed by atoms with Crippen LogP contribution in [0.15, 0.2) is 55.1 Å². The molecule has 0 aliphatic rings. The molecule has 0 nitrogen and oxygen atoms in total. The maximum absolute atomic E-state index is 4.09. The van der Waals surface area contributed by atoms with E-state index in [9.17, 15) is 0 Å². The minimum Gasteiger partial charge on any atom is -0.0929 e. The van der Waals surface area contributed by atoms with Crippen molar-refractivity contribution in [2.45, 2.75) is 6.92 Å². The largest absolute Gasteiger partial charge is 0.0929 e. The molecule has 0 heterocycles. The van der Waals surface area contributed by atoms with Crippen LogP contribution in [0, 0.1) is 0 Å². The summed E-state index contributed by atoms with van der Waals surface area (Å²) in [4.78, 5) is 0. The lowest BCUT2D eigenvalue weighted by atomic mass is 10.1. The summed E-state index contributed by atoms with van der Waals surface area (Å²) in [5.41, 5.74) is 2.34. The van der Waals surface area contributed by atoms with Crippen LogP contribution in [0.2, 0.25) is 0 Å². The zero-order chi connectivity index (χ0) is 11.1. The molecule has 0 aromatic heterocycles. The molecule has 0 radical (unpaired) electrons. The van der Waals surface area contributed by atoms with Gasteiger partial charge in [0.1, 0.15) is 0 Å². The highest BCUT2D eigenvalue weighted by Gasteiger charge is 2.00. The molecule has 0 spiro atoms. The van der Waals surface area contributed by atoms with Crippen molar-refractivity contribution in [1.82, 2.24) is 0 Å². The van der Waals surface area contributed by atoms with Crippen molar-refractivity contribution in [3.8, 4) is 0 Å². The first-order chi connectivity index (χ1) is 7.29. The second-order valence-electron chi connectivity index (χ2n) is 3.21. The quantitative estimate of drug-likeness (QED) is 0.531. The van der Waals surface area contributed by atoms with Gasteiger partial charge in [0, 0.05) is 0 Å². The fraction of sp³-hybridized carbons (Fsp3) is 0.143. The zero-order valence-corrected chi connectivity index (χ0v) is 10.3. The van der Waals surface area contributed by atoms with Crippen LogP contribution < -0.4 is 5.30 Å². The van der Waals surface area contributed by atoms with Gasteiger partial charge in [0.25, 0.3) is 0 Å². The van der Waals surface area contributed by atoms with Crippen LogP contribution in [0.4, 0.5) is 0 Å². The third kappa shape index (κ3) is 3.49. The van der Waals surface area contributed by atoms with Crippen molar-refractivity contribution in [2.75, 3.05) is 6.66 Å². The summed E-state index contributed by atoms with van der Waals surface area (Å²) < 4.78 is 0. The van der Waals surface area contributed by atoms with Crippen LogP contribution in [0.5, 0.6) is 0 Å². The molecule has 0 aliphatic heterocycles. The highest BCUT2D eigenvalue weighted by atomic mass is 31.1. The lowest BCUT2D eigenvalue weighted by Crippen LogP contribution is -2.00. The number of benzene rings is 1. The van der Waals surface area contributed by atoms with Crippen molar-refractivity contribution < 1.29 is 0 Å². The predicted molar refractivity (Wildman–Crippen MR) is 73.3 cm³/mol. The van der Waals surface area contributed by atoms with E-state index in [4.69, 9.17) is 0 Å². The smallest absolute Gasteiger partial charge is 0.0116 e. The minimum absolute atomic E-state index is 0.814. The van der Waals surface area contributed by atoms with Crippen molar-refractivity contribution in [3.63, 3.8) is 0 Å². The molecule has 0 fully saturated rings. The van der Waals surface area contributed by atoms with Gasteiger partial charge < -0.3 is 0 Å². The van der Waals surface area contributed by atoms with Gasteiger partial charge in [-0.05, 0) is 30.0 Å². The molecule has 1 aromatic carbocycles. The Morgan fingerprint density at radius 2 is 2.00 bits per heavy atom. The van der Waals surface area contributed by atoms with E-state index in [1.807, 2.05) is 25.2 Å². The lowest BCUT2D eigenvalue weighted by molar-refractivity contribution is 1.68. The first-order valence-electron chi connectivity index (χ1n) is 5.05. The van der Waals surface area contributed by atoms with E-state index < -0.39 is 0 Å². The second kappa shape index (κ2) is 6.37. The van der Waals surface area contributed by atoms with E-state index >= 15 is 0 Å². The molecule has 0 saturated carbocycles. The SMILES string of the molecule is C=C(/C=C\C=C/C)c1ccccc1PC. The van der Waals surface area contributed by atoms with Gasteiger partial charge in [0.05, 0.1) is 0 Å². The number of allylic oxidation sites excluding steroid dienone is 5. The Kier molecular flexibility index (Phi) is 5.07. The molecule has 1 aromatic rings. The molecular formula is C14H17P. The molecule has 0 aliphatic carbocycles. The van der Waals surface area contributed by atoms with Crippen LogP contribution in [-0.4, -0.2) is 6.66 Å². The molecule has 15 heavy (non-hydrogen) atoms. The van der Waals surface area contributed by atoms with Crippen LogP contribution in [0.25, 0.3) is 5.57 Å². The Morgan fingerprint density at radius 1 is 1.27 bits per heavy atom. The zero-order valence-electron chi connectivity index (χ0n) is 9.33. The number of rotatable bonds is 4. The van der Waals surface area contributed by atoms with E-state index in [0.29, 0.717) is 0 Å². The first-order valence-corrected chi connectivity index (χ1v) is 6.55. The monoisotopic (exact) mass is 216 g/mol. The van der Waals surface area contributed by atoms with Gasteiger partial charge >= 0.3 is 0 Å². The van der Waals surface area contributed by atoms with Crippen molar-refractivity contribution in [3.05, 3.63) is 60.7 Å². The molecule has 1 atom stereocenters. The number of hydrogen-bond donors (Lipinski definition) is 0. The molecule has 0 saturated heterocycles. The van der Waals surface area contributed by atoms with E-state index in [-0.39, 0.29) is 0 Å². The van der Waals surface area contributed by atoms with E-state index in [1.165, 1.54) is 10.9 Å². The van der Waals surface area contributed by atoms with Gasteiger partial charge in [-0.1, -0.05) is 63.7 Å². The molecule has 0 N–H and O–H groups in total. The van der Waals surface area contributed by atoms with E-state index in [2.05, 4.69) is 43.6 Å². The highest BCUT2D eigenvalue weighted by molar-refractivity contribution is 7.46. The Labute approximate surface area is 94.2 Å². The Hall–Kier alpha value is -1.13. The third-order valence-electron chi connectivity index (χ3n) is 2.14. The summed E-state index contributed by atoms with van der Waals surface area (Å²) in [7, 11) is 0.814. The van der Waals surface area contributed by atoms with Crippen LogP contribution in [-0.2, 0) is 0 Å². The first kappa shape index (κ1) is 11.9. The maximum atomic E-state index is 4.09. The standard InChI is InChI=1S/C14H17P/c1-4-5-6-9-12(2)13-10-7-8-11-14(13)15-3/h4-11,15H,2H2,1,3H3/b5-4-,9-6-. The molecule has 1 unspecified atom stereocenters. The van der Waals surface area contributed by atoms with E-state index in [1.54, 1.807) is 0 Å². The fourth-order valence-corrected chi connectivity index (χ4v) is 2.13. The molecule has 1 heteroatoms. The van der Waals surface area contributed by atoms with Gasteiger partial charge in [-0.15, -0.1) is 0 Å². The summed E-state index contributed by atoms with van der Waals surface area (Å²) in [6, 6.07) is 8.45. The fourth-order valence-electron chi connectivity index (χ4n) is 1.35. The van der Waals surface area contributed by atoms with Gasteiger partial charge in [0.2, 0.25) is 0 Å². The Bertz CT molecular complexity index is 386. The van der Waals surface area contributed by atoms with Crippen molar-refractivity contribution >= 4 is 19.5 Å². The van der Waals surface area contributed by atoms with Gasteiger partial charge in [-0.25, -0.2) is 0 Å². The van der Waals surface area contributed by atoms with Gasteiger partial charge in [-0.2, -0.15) is 0 Å². The molecule has 0 bridgehead atoms. The van der Waals surface area contributed by atoms with Crippen LogP contribution >= 0.6 is 8.58 Å². The Morgan fingerprint density at radius 3 is 2.67 bits per heavy atom. The van der Waals surface area contributed by atoms with Crippen LogP contribution in [0.3, 0.4) is 0 Å². The minimum atomic E-state index is 0.814. The number of hydrogen-bond acceptors (Lipinski definition) is 0. The van der Waals surface area contributed by atoms with Gasteiger partial charge in [-0.3, -0.25) is 0 Å². The molecule has 1 rings (SSSR count). The van der Waals surface area contributed by atoms with Crippen LogP contribution in [0.1, 0.15) is 12.5 Å². The summed E-state index contributed by atoms with van der Waals surface area (Å²) in [6.07, 6.45) is 8.11. The lowest BCUT2D eigenvalue weighted by Gasteiger charge is -2.06. The van der Waals surface area contributed by atoms with Crippen molar-refractivity contribution in [2.24, 2.45) is 0 Å². The predicted octanol–water partition coefficient (Wildman–Crippen LogP) is 3.77. The molecular weight excluding hydrogens is 199 g/mol. The normalized spacial score (nSPS) is 12.1. The molecule has 0 amide bonds. The topological polar surface area (TPSA) is 0 Å². The summed E-state index contributed by atoms with van der Waals surface area (Å²) in [6.45, 7) is 8.29. The Balaban J connectivity index is 2.90. The highest BCUT2D eigenvalue weighted by Crippen LogP contribution is 2.17. The second-order valence-corrected chi connectivity index (χ2v) is 4.24.